The summed E-state index contributed by atoms with van der Waals surface area (Å²) >= 11 is 0. The van der Waals surface area contributed by atoms with Crippen molar-refractivity contribution in [2.24, 2.45) is 7.05 Å². The third-order valence-corrected chi connectivity index (χ3v) is 4.92. The molecule has 2 aromatic rings. The lowest BCUT2D eigenvalue weighted by Crippen LogP contribution is -2.34. The largest absolute Gasteiger partial charge is 0.393 e. The summed E-state index contributed by atoms with van der Waals surface area (Å²) < 4.78 is 15.9. The molecule has 1 heterocycles. The molecule has 0 aliphatic heterocycles. The summed E-state index contributed by atoms with van der Waals surface area (Å²) in [5.74, 6) is -0.972. The fourth-order valence-electron chi connectivity index (χ4n) is 3.45. The van der Waals surface area contributed by atoms with Gasteiger partial charge in [0.15, 0.2) is 5.78 Å². The van der Waals surface area contributed by atoms with Crippen molar-refractivity contribution >= 4 is 23.2 Å². The SMILES string of the molecule is CC.Cc1ccc(Nc2c(C(=O)NOC(CO)CO)c3c(n2C)C(=O)CCC3)c(F)c1. The Hall–Kier alpha value is -2.75. The second kappa shape index (κ2) is 11.0. The number of carbonyl (C=O) groups excluding carboxylic acids is 2. The van der Waals surface area contributed by atoms with Gasteiger partial charge in [-0.2, -0.15) is 0 Å². The summed E-state index contributed by atoms with van der Waals surface area (Å²) in [4.78, 5) is 30.4. The van der Waals surface area contributed by atoms with Crippen LogP contribution in [0.5, 0.6) is 0 Å². The lowest BCUT2D eigenvalue weighted by Gasteiger charge is -2.15. The van der Waals surface area contributed by atoms with Crippen LogP contribution in [-0.2, 0) is 18.3 Å². The number of halogens is 1. The lowest BCUT2D eigenvalue weighted by molar-refractivity contribution is -0.0618. The van der Waals surface area contributed by atoms with E-state index in [4.69, 9.17) is 15.1 Å². The number of hydroxylamine groups is 1. The summed E-state index contributed by atoms with van der Waals surface area (Å²) in [5.41, 5.74) is 4.26. The molecule has 1 aliphatic rings. The quantitative estimate of drug-likeness (QED) is 0.498. The Labute approximate surface area is 181 Å². The number of ketones is 1. The van der Waals surface area contributed by atoms with Gasteiger partial charge in [0.05, 0.1) is 30.2 Å². The van der Waals surface area contributed by atoms with Gasteiger partial charge in [-0.05, 0) is 43.0 Å². The van der Waals surface area contributed by atoms with Crippen molar-refractivity contribution in [2.75, 3.05) is 18.5 Å². The summed E-state index contributed by atoms with van der Waals surface area (Å²) in [5, 5.41) is 21.1. The molecule has 0 unspecified atom stereocenters. The summed E-state index contributed by atoms with van der Waals surface area (Å²) in [7, 11) is 1.64. The molecule has 1 aliphatic carbocycles. The fraction of sp³-hybridized carbons (Fsp3) is 0.455. The van der Waals surface area contributed by atoms with E-state index in [1.54, 1.807) is 30.7 Å². The Morgan fingerprint density at radius 1 is 1.26 bits per heavy atom. The van der Waals surface area contributed by atoms with Gasteiger partial charge < -0.3 is 20.1 Å². The van der Waals surface area contributed by atoms with E-state index in [1.807, 2.05) is 13.8 Å². The average molecular weight is 435 g/mol. The number of rotatable bonds is 7. The number of aliphatic hydroxyl groups excluding tert-OH is 2. The molecular formula is C22H30FN3O5. The molecule has 1 amide bonds. The molecule has 170 valence electrons. The van der Waals surface area contributed by atoms with E-state index in [0.29, 0.717) is 30.5 Å². The molecule has 8 nitrogen and oxygen atoms in total. The van der Waals surface area contributed by atoms with Crippen molar-refractivity contribution in [2.45, 2.75) is 46.1 Å². The summed E-state index contributed by atoms with van der Waals surface area (Å²) in [6.07, 6.45) is 0.508. The molecule has 0 spiro atoms. The molecule has 0 atom stereocenters. The van der Waals surface area contributed by atoms with Crippen LogP contribution in [0.4, 0.5) is 15.9 Å². The van der Waals surface area contributed by atoms with Gasteiger partial charge >= 0.3 is 0 Å². The zero-order valence-corrected chi connectivity index (χ0v) is 18.3. The van der Waals surface area contributed by atoms with Crippen LogP contribution in [0.15, 0.2) is 18.2 Å². The highest BCUT2D eigenvalue weighted by atomic mass is 19.1. The molecule has 0 bridgehead atoms. The van der Waals surface area contributed by atoms with Crippen LogP contribution in [0.3, 0.4) is 0 Å². The van der Waals surface area contributed by atoms with E-state index in [9.17, 15) is 14.0 Å². The Bertz CT molecular complexity index is 938. The van der Waals surface area contributed by atoms with Gasteiger partial charge in [0.25, 0.3) is 5.91 Å². The Kier molecular flexibility index (Phi) is 8.73. The maximum absolute atomic E-state index is 14.4. The van der Waals surface area contributed by atoms with Crippen LogP contribution >= 0.6 is 0 Å². The number of amides is 1. The highest BCUT2D eigenvalue weighted by Crippen LogP contribution is 2.34. The van der Waals surface area contributed by atoms with Crippen LogP contribution in [0.25, 0.3) is 0 Å². The van der Waals surface area contributed by atoms with Gasteiger partial charge in [-0.25, -0.2) is 9.87 Å². The molecule has 9 heteroatoms. The van der Waals surface area contributed by atoms with E-state index in [2.05, 4.69) is 10.8 Å². The second-order valence-corrected chi connectivity index (χ2v) is 7.03. The van der Waals surface area contributed by atoms with Crippen LogP contribution in [0.1, 0.15) is 58.7 Å². The molecule has 1 aromatic heterocycles. The number of aromatic nitrogens is 1. The minimum atomic E-state index is -0.980. The Morgan fingerprint density at radius 3 is 2.55 bits per heavy atom. The van der Waals surface area contributed by atoms with Crippen molar-refractivity contribution < 1.29 is 29.0 Å². The first kappa shape index (κ1) is 24.5. The Morgan fingerprint density at radius 2 is 1.94 bits per heavy atom. The fourth-order valence-corrected chi connectivity index (χ4v) is 3.45. The summed E-state index contributed by atoms with van der Waals surface area (Å²) in [6.45, 7) is 4.80. The monoisotopic (exact) mass is 435 g/mol. The van der Waals surface area contributed by atoms with E-state index in [1.165, 1.54) is 6.07 Å². The molecule has 4 N–H and O–H groups in total. The molecule has 3 rings (SSSR count). The number of Topliss-reactive ketones (excluding diaryl/α,β-unsaturated/α-hetero) is 1. The molecule has 1 aromatic carbocycles. The minimum absolute atomic E-state index is 0.0928. The van der Waals surface area contributed by atoms with Crippen molar-refractivity contribution in [1.29, 1.82) is 0 Å². The first-order chi connectivity index (χ1) is 14.9. The van der Waals surface area contributed by atoms with E-state index in [0.717, 1.165) is 5.56 Å². The first-order valence-electron chi connectivity index (χ1n) is 10.3. The van der Waals surface area contributed by atoms with Gasteiger partial charge in [0.1, 0.15) is 17.7 Å². The van der Waals surface area contributed by atoms with E-state index < -0.39 is 31.0 Å². The van der Waals surface area contributed by atoms with Crippen LogP contribution < -0.4 is 10.8 Å². The maximum Gasteiger partial charge on any atom is 0.278 e. The van der Waals surface area contributed by atoms with Crippen molar-refractivity contribution in [3.05, 3.63) is 46.4 Å². The highest BCUT2D eigenvalue weighted by molar-refractivity contribution is 6.07. The number of hydrogen-bond donors (Lipinski definition) is 4. The lowest BCUT2D eigenvalue weighted by atomic mass is 9.93. The predicted molar refractivity (Wildman–Crippen MR) is 115 cm³/mol. The molecular weight excluding hydrogens is 405 g/mol. The van der Waals surface area contributed by atoms with Gasteiger partial charge in [0, 0.05) is 13.5 Å². The van der Waals surface area contributed by atoms with E-state index in [-0.39, 0.29) is 22.9 Å². The zero-order valence-electron chi connectivity index (χ0n) is 18.3. The zero-order chi connectivity index (χ0) is 23.1. The smallest absolute Gasteiger partial charge is 0.278 e. The average Bonchev–Trinajstić information content (AvgIpc) is 3.05. The van der Waals surface area contributed by atoms with Gasteiger partial charge in [-0.3, -0.25) is 14.4 Å². The predicted octanol–water partition coefficient (Wildman–Crippen LogP) is 2.78. The number of benzene rings is 1. The number of nitrogens with zero attached hydrogens (tertiary/aromatic N) is 1. The number of hydrogen-bond acceptors (Lipinski definition) is 6. The Balaban J connectivity index is 0.00000166. The van der Waals surface area contributed by atoms with Crippen LogP contribution in [0, 0.1) is 12.7 Å². The molecule has 0 radical (unpaired) electrons. The van der Waals surface area contributed by atoms with Crippen molar-refractivity contribution in [3.8, 4) is 0 Å². The van der Waals surface area contributed by atoms with Crippen molar-refractivity contribution in [3.63, 3.8) is 0 Å². The number of anilines is 2. The number of aryl methyl sites for hydroxylation is 1. The topological polar surface area (TPSA) is 113 Å². The molecule has 0 saturated heterocycles. The maximum atomic E-state index is 14.4. The van der Waals surface area contributed by atoms with Crippen LogP contribution in [-0.4, -0.2) is 45.8 Å². The molecule has 0 fully saturated rings. The third-order valence-electron chi connectivity index (χ3n) is 4.92. The first-order valence-corrected chi connectivity index (χ1v) is 10.3. The van der Waals surface area contributed by atoms with Gasteiger partial charge in [0.2, 0.25) is 0 Å². The van der Waals surface area contributed by atoms with Crippen LogP contribution in [0.2, 0.25) is 0 Å². The third kappa shape index (κ3) is 5.30. The standard InChI is InChI=1S/C20H24FN3O5.C2H6/c1-11-6-7-15(14(21)8-11)22-19-17(20(28)23-29-12(9-25)10-26)13-4-3-5-16(27)18(13)24(19)2;1-2/h6-8,12,22,25-26H,3-5,9-10H2,1-2H3,(H,23,28);1-2H3. The number of nitrogens with one attached hydrogen (secondary N) is 2. The highest BCUT2D eigenvalue weighted by Gasteiger charge is 2.32. The van der Waals surface area contributed by atoms with Gasteiger partial charge in [-0.15, -0.1) is 0 Å². The van der Waals surface area contributed by atoms with Crippen molar-refractivity contribution in [1.82, 2.24) is 10.0 Å². The molecule has 0 saturated carbocycles. The minimum Gasteiger partial charge on any atom is -0.393 e. The van der Waals surface area contributed by atoms with Gasteiger partial charge in [-0.1, -0.05) is 19.9 Å². The number of carbonyl (C=O) groups is 2. The molecule has 31 heavy (non-hydrogen) atoms. The normalized spacial score (nSPS) is 12.8. The number of fused-ring (bicyclic) bond motifs is 1. The number of aliphatic hydroxyl groups is 2. The summed E-state index contributed by atoms with van der Waals surface area (Å²) in [6, 6.07) is 4.66. The van der Waals surface area contributed by atoms with E-state index >= 15 is 0 Å². The second-order valence-electron chi connectivity index (χ2n) is 7.03.